The van der Waals surface area contributed by atoms with Crippen molar-refractivity contribution in [2.75, 3.05) is 11.4 Å². The number of carbonyl (C=O) groups is 1. The van der Waals surface area contributed by atoms with Gasteiger partial charge in [-0.1, -0.05) is 18.2 Å². The largest absolute Gasteiger partial charge is 0.455 e. The van der Waals surface area contributed by atoms with Crippen LogP contribution in [0.15, 0.2) is 45.0 Å². The zero-order valence-corrected chi connectivity index (χ0v) is 15.0. The minimum Gasteiger partial charge on any atom is -0.455 e. The van der Waals surface area contributed by atoms with Gasteiger partial charge in [0.2, 0.25) is 5.96 Å². The summed E-state index contributed by atoms with van der Waals surface area (Å²) in [5.74, 6) is 0.862. The Kier molecular flexibility index (Phi) is 5.06. The van der Waals surface area contributed by atoms with Gasteiger partial charge in [-0.25, -0.2) is 0 Å². The van der Waals surface area contributed by atoms with Crippen molar-refractivity contribution in [3.63, 3.8) is 0 Å². The van der Waals surface area contributed by atoms with Crippen LogP contribution in [0.4, 0.5) is 5.69 Å². The van der Waals surface area contributed by atoms with Gasteiger partial charge in [0.1, 0.15) is 5.76 Å². The zero-order chi connectivity index (χ0) is 18.7. The van der Waals surface area contributed by atoms with Gasteiger partial charge in [0, 0.05) is 29.8 Å². The molecule has 0 unspecified atom stereocenters. The van der Waals surface area contributed by atoms with Crippen molar-refractivity contribution in [2.24, 2.45) is 21.7 Å². The van der Waals surface area contributed by atoms with E-state index in [1.807, 2.05) is 44.2 Å². The van der Waals surface area contributed by atoms with Crippen molar-refractivity contribution in [2.45, 2.75) is 33.1 Å². The number of hydrogen-bond acceptors (Lipinski definition) is 4. The highest BCUT2D eigenvalue weighted by Gasteiger charge is 2.30. The smallest absolute Gasteiger partial charge is 0.294 e. The van der Waals surface area contributed by atoms with Crippen LogP contribution in [0.25, 0.3) is 0 Å². The van der Waals surface area contributed by atoms with Crippen molar-refractivity contribution >= 4 is 23.3 Å². The average Bonchev–Trinajstić information content (AvgIpc) is 2.99. The standard InChI is InChI=1S/C19H23N5O2/c1-3-24(13-8-5-4-6-9-13)18(25)17-12(2)16-14(22-23-19(20)21)10-7-11-15(16)26-17/h4-6,8-9H,3,7,10-11H2,1-2H3,(H4,20,21,23)/b22-14+. The topological polar surface area (TPSA) is 110 Å². The predicted octanol–water partition coefficient (Wildman–Crippen LogP) is 2.57. The van der Waals surface area contributed by atoms with E-state index in [1.165, 1.54) is 0 Å². The van der Waals surface area contributed by atoms with Crippen molar-refractivity contribution in [3.8, 4) is 0 Å². The Morgan fingerprint density at radius 1 is 1.23 bits per heavy atom. The number of nitrogens with zero attached hydrogens (tertiary/aromatic N) is 3. The van der Waals surface area contributed by atoms with E-state index in [9.17, 15) is 4.79 Å². The monoisotopic (exact) mass is 353 g/mol. The lowest BCUT2D eigenvalue weighted by Crippen LogP contribution is -2.30. The first-order chi connectivity index (χ1) is 12.5. The van der Waals surface area contributed by atoms with Crippen LogP contribution in [0, 0.1) is 6.92 Å². The summed E-state index contributed by atoms with van der Waals surface area (Å²) in [6, 6.07) is 9.55. The molecule has 0 spiro atoms. The van der Waals surface area contributed by atoms with Gasteiger partial charge >= 0.3 is 0 Å². The van der Waals surface area contributed by atoms with Crippen molar-refractivity contribution in [1.82, 2.24) is 0 Å². The molecule has 0 saturated carbocycles. The predicted molar refractivity (Wildman–Crippen MR) is 103 cm³/mol. The molecule has 0 bridgehead atoms. The molecular weight excluding hydrogens is 330 g/mol. The number of nitrogens with two attached hydrogens (primary N) is 2. The Labute approximate surface area is 152 Å². The van der Waals surface area contributed by atoms with Crippen LogP contribution < -0.4 is 16.4 Å². The lowest BCUT2D eigenvalue weighted by molar-refractivity contribution is 0.0959. The molecule has 7 heteroatoms. The number of rotatable bonds is 4. The van der Waals surface area contributed by atoms with Crippen LogP contribution in [0.5, 0.6) is 0 Å². The average molecular weight is 353 g/mol. The summed E-state index contributed by atoms with van der Waals surface area (Å²) in [6.45, 7) is 4.36. The molecule has 1 aromatic carbocycles. The second-order valence-electron chi connectivity index (χ2n) is 6.16. The van der Waals surface area contributed by atoms with Crippen molar-refractivity contribution in [3.05, 3.63) is 53.0 Å². The first-order valence-corrected chi connectivity index (χ1v) is 8.68. The van der Waals surface area contributed by atoms with E-state index in [-0.39, 0.29) is 11.9 Å². The highest BCUT2D eigenvalue weighted by Crippen LogP contribution is 2.31. The summed E-state index contributed by atoms with van der Waals surface area (Å²) in [5.41, 5.74) is 14.0. The molecule has 1 heterocycles. The SMILES string of the molecule is CCN(C(=O)c1oc2c(c1C)/C(=N/N=C(N)N)CCC2)c1ccccc1. The fraction of sp³-hybridized carbons (Fsp3) is 0.316. The molecule has 0 saturated heterocycles. The van der Waals surface area contributed by atoms with E-state index in [4.69, 9.17) is 15.9 Å². The lowest BCUT2D eigenvalue weighted by atomic mass is 9.93. The summed E-state index contributed by atoms with van der Waals surface area (Å²) in [4.78, 5) is 14.8. The van der Waals surface area contributed by atoms with Gasteiger partial charge in [-0.3, -0.25) is 4.79 Å². The summed E-state index contributed by atoms with van der Waals surface area (Å²) >= 11 is 0. The first kappa shape index (κ1) is 17.7. The second kappa shape index (κ2) is 7.43. The first-order valence-electron chi connectivity index (χ1n) is 8.68. The number of aryl methyl sites for hydroxylation is 1. The number of para-hydroxylation sites is 1. The van der Waals surface area contributed by atoms with E-state index in [0.717, 1.165) is 47.5 Å². The van der Waals surface area contributed by atoms with Crippen LogP contribution in [-0.2, 0) is 6.42 Å². The Balaban J connectivity index is 2.01. The van der Waals surface area contributed by atoms with Crippen LogP contribution in [0.1, 0.15) is 47.2 Å². The number of furan rings is 1. The molecule has 1 amide bonds. The molecule has 1 aliphatic rings. The number of carbonyl (C=O) groups excluding carboxylic acids is 1. The third kappa shape index (κ3) is 3.33. The number of guanidine groups is 1. The van der Waals surface area contributed by atoms with Gasteiger partial charge in [0.15, 0.2) is 5.76 Å². The summed E-state index contributed by atoms with van der Waals surface area (Å²) in [6.07, 6.45) is 2.39. The Morgan fingerprint density at radius 3 is 2.62 bits per heavy atom. The van der Waals surface area contributed by atoms with Gasteiger partial charge < -0.3 is 20.8 Å². The molecule has 0 aliphatic heterocycles. The molecule has 0 fully saturated rings. The van der Waals surface area contributed by atoms with Crippen LogP contribution in [0.3, 0.4) is 0 Å². The zero-order valence-electron chi connectivity index (χ0n) is 15.0. The maximum absolute atomic E-state index is 13.1. The van der Waals surface area contributed by atoms with Gasteiger partial charge in [0.25, 0.3) is 5.91 Å². The number of fused-ring (bicyclic) bond motifs is 1. The van der Waals surface area contributed by atoms with Gasteiger partial charge in [0.05, 0.1) is 5.71 Å². The van der Waals surface area contributed by atoms with Crippen molar-refractivity contribution in [1.29, 1.82) is 0 Å². The highest BCUT2D eigenvalue weighted by molar-refractivity contribution is 6.10. The molecule has 0 atom stereocenters. The maximum atomic E-state index is 13.1. The molecule has 1 aliphatic carbocycles. The normalized spacial score (nSPS) is 14.8. The fourth-order valence-corrected chi connectivity index (χ4v) is 3.26. The molecular formula is C19H23N5O2. The van der Waals surface area contributed by atoms with E-state index in [2.05, 4.69) is 10.2 Å². The number of amides is 1. The molecule has 1 aromatic heterocycles. The third-order valence-corrected chi connectivity index (χ3v) is 4.44. The molecule has 26 heavy (non-hydrogen) atoms. The third-order valence-electron chi connectivity index (χ3n) is 4.44. The fourth-order valence-electron chi connectivity index (χ4n) is 3.26. The molecule has 0 radical (unpaired) electrons. The van der Waals surface area contributed by atoms with E-state index in [1.54, 1.807) is 4.90 Å². The molecule has 7 nitrogen and oxygen atoms in total. The van der Waals surface area contributed by atoms with Crippen LogP contribution in [0.2, 0.25) is 0 Å². The minimum absolute atomic E-state index is 0.0942. The Morgan fingerprint density at radius 2 is 1.96 bits per heavy atom. The minimum atomic E-state index is -0.160. The second-order valence-corrected chi connectivity index (χ2v) is 6.16. The van der Waals surface area contributed by atoms with Gasteiger partial charge in [-0.05, 0) is 38.8 Å². The van der Waals surface area contributed by atoms with Crippen LogP contribution >= 0.6 is 0 Å². The molecule has 2 aromatic rings. The van der Waals surface area contributed by atoms with E-state index in [0.29, 0.717) is 12.3 Å². The molecule has 136 valence electrons. The number of benzene rings is 1. The van der Waals surface area contributed by atoms with Gasteiger partial charge in [-0.2, -0.15) is 5.10 Å². The quantitative estimate of drug-likeness (QED) is 0.500. The van der Waals surface area contributed by atoms with E-state index < -0.39 is 0 Å². The number of hydrogen-bond donors (Lipinski definition) is 2. The molecule has 3 rings (SSSR count). The number of anilines is 1. The van der Waals surface area contributed by atoms with E-state index >= 15 is 0 Å². The summed E-state index contributed by atoms with van der Waals surface area (Å²) in [5, 5.41) is 7.91. The van der Waals surface area contributed by atoms with Crippen molar-refractivity contribution < 1.29 is 9.21 Å². The highest BCUT2D eigenvalue weighted by atomic mass is 16.4. The van der Waals surface area contributed by atoms with Crippen LogP contribution in [-0.4, -0.2) is 24.1 Å². The Bertz CT molecular complexity index is 864. The Hall–Kier alpha value is -3.09. The summed E-state index contributed by atoms with van der Waals surface area (Å²) < 4.78 is 5.96. The lowest BCUT2D eigenvalue weighted by Gasteiger charge is -2.20. The molecule has 4 N–H and O–H groups in total. The van der Waals surface area contributed by atoms with Gasteiger partial charge in [-0.15, -0.1) is 5.10 Å². The summed E-state index contributed by atoms with van der Waals surface area (Å²) in [7, 11) is 0. The maximum Gasteiger partial charge on any atom is 0.294 e.